The van der Waals surface area contributed by atoms with Crippen LogP contribution in [0.5, 0.6) is 0 Å². The second-order valence-electron chi connectivity index (χ2n) is 1.09. The molecule has 1 heterocycles. The molecule has 1 rings (SSSR count). The molecule has 1 aliphatic heterocycles. The van der Waals surface area contributed by atoms with Crippen molar-refractivity contribution in [3.63, 3.8) is 0 Å². The highest BCUT2D eigenvalue weighted by Crippen LogP contribution is 1.98. The van der Waals surface area contributed by atoms with Gasteiger partial charge in [0.1, 0.15) is 0 Å². The van der Waals surface area contributed by atoms with Crippen molar-refractivity contribution in [1.29, 1.82) is 0 Å². The first-order valence-corrected chi connectivity index (χ1v) is 1.77. The number of hydrogen-bond donors (Lipinski definition) is 0. The monoisotopic (exact) mass is 85.0 g/mol. The topological polar surface area (TPSA) is 12.4 Å². The summed E-state index contributed by atoms with van der Waals surface area (Å²) >= 11 is 0. The second-order valence-corrected chi connectivity index (χ2v) is 1.09. The molecule has 0 amide bonds. The molecule has 0 saturated heterocycles. The third-order valence-electron chi connectivity index (χ3n) is 0.606. The van der Waals surface area contributed by atoms with Gasteiger partial charge in [-0.15, -0.1) is 0 Å². The van der Waals surface area contributed by atoms with E-state index in [-0.39, 0.29) is 5.97 Å². The molecule has 6 heavy (non-hydrogen) atoms. The molecule has 1 nitrogen and oxygen atoms in total. The van der Waals surface area contributed by atoms with E-state index in [9.17, 15) is 4.39 Å². The predicted molar refractivity (Wildman–Crippen MR) is 22.3 cm³/mol. The maximum absolute atomic E-state index is 11.6. The second kappa shape index (κ2) is 1.20. The Labute approximate surface area is 35.2 Å². The number of hydrogen-bond acceptors (Lipinski definition) is 1. The molecule has 0 fully saturated rings. The summed E-state index contributed by atoms with van der Waals surface area (Å²) in [5.41, 5.74) is 0. The summed E-state index contributed by atoms with van der Waals surface area (Å²) in [5, 5.41) is 0. The van der Waals surface area contributed by atoms with Crippen molar-refractivity contribution in [2.75, 3.05) is 0 Å². The Morgan fingerprint density at radius 1 is 1.83 bits per heavy atom. The van der Waals surface area contributed by atoms with Crippen LogP contribution in [-0.4, -0.2) is 5.97 Å². The van der Waals surface area contributed by atoms with Gasteiger partial charge in [-0.3, -0.25) is 0 Å². The fourth-order valence-corrected chi connectivity index (χ4v) is 0.336. The van der Waals surface area contributed by atoms with Crippen LogP contribution in [0.2, 0.25) is 0 Å². The van der Waals surface area contributed by atoms with Crippen LogP contribution in [0.3, 0.4) is 0 Å². The largest absolute Gasteiger partial charge is 0.232 e. The minimum atomic E-state index is -0.282. The van der Waals surface area contributed by atoms with Gasteiger partial charge in [-0.1, -0.05) is 6.08 Å². The summed E-state index contributed by atoms with van der Waals surface area (Å²) in [5.74, 6) is -0.282. The third-order valence-corrected chi connectivity index (χ3v) is 0.606. The predicted octanol–water partition coefficient (Wildman–Crippen LogP) is 1.27. The quantitative estimate of drug-likeness (QED) is 0.420. The summed E-state index contributed by atoms with van der Waals surface area (Å²) < 4.78 is 11.6. The fourth-order valence-electron chi connectivity index (χ4n) is 0.336. The minimum absolute atomic E-state index is 0.282. The number of allylic oxidation sites excluding steroid dienone is 1. The van der Waals surface area contributed by atoms with Gasteiger partial charge in [0.2, 0.25) is 0 Å². The lowest BCUT2D eigenvalue weighted by atomic mass is 10.5. The third kappa shape index (κ3) is 0.455. The number of rotatable bonds is 0. The summed E-state index contributed by atoms with van der Waals surface area (Å²) in [6.07, 6.45) is 3.53. The Kier molecular flexibility index (Phi) is 0.708. The molecule has 0 aromatic carbocycles. The summed E-state index contributed by atoms with van der Waals surface area (Å²) in [4.78, 5) is 3.31. The number of halogens is 1. The van der Waals surface area contributed by atoms with Crippen molar-refractivity contribution >= 4 is 5.97 Å². The molecule has 0 aromatic rings. The van der Waals surface area contributed by atoms with Crippen LogP contribution in [-0.2, 0) is 0 Å². The molecule has 0 saturated carbocycles. The zero-order chi connectivity index (χ0) is 4.41. The van der Waals surface area contributed by atoms with Crippen LogP contribution in [0.25, 0.3) is 0 Å². The van der Waals surface area contributed by atoms with Crippen molar-refractivity contribution in [2.24, 2.45) is 4.99 Å². The van der Waals surface area contributed by atoms with Crippen molar-refractivity contribution in [3.05, 3.63) is 12.3 Å². The Hall–Kier alpha value is -0.660. The molecule has 0 N–H and O–H groups in total. The van der Waals surface area contributed by atoms with Crippen LogP contribution in [0.4, 0.5) is 4.39 Å². The van der Waals surface area contributed by atoms with E-state index < -0.39 is 0 Å². The first-order chi connectivity index (χ1) is 2.89. The molecular weight excluding hydrogens is 81.0 g/mol. The minimum Gasteiger partial charge on any atom is -0.232 e. The Balaban J connectivity index is 2.61. The molecule has 0 atom stereocenters. The van der Waals surface area contributed by atoms with Gasteiger partial charge >= 0.3 is 0 Å². The van der Waals surface area contributed by atoms with Gasteiger partial charge in [0.25, 0.3) is 0 Å². The first-order valence-electron chi connectivity index (χ1n) is 1.77. The molecule has 0 aromatic heterocycles. The van der Waals surface area contributed by atoms with Crippen molar-refractivity contribution in [1.82, 2.24) is 0 Å². The van der Waals surface area contributed by atoms with Gasteiger partial charge in [0.05, 0.1) is 0 Å². The van der Waals surface area contributed by atoms with E-state index in [0.29, 0.717) is 6.42 Å². The highest BCUT2D eigenvalue weighted by Gasteiger charge is 1.93. The average molecular weight is 85.1 g/mol. The van der Waals surface area contributed by atoms with Crippen LogP contribution in [0.1, 0.15) is 6.42 Å². The van der Waals surface area contributed by atoms with Crippen LogP contribution in [0, 0.1) is 0 Å². The molecule has 0 aliphatic carbocycles. The zero-order valence-electron chi connectivity index (χ0n) is 3.19. The fraction of sp³-hybridized carbons (Fsp3) is 0.250. The summed E-state index contributed by atoms with van der Waals surface area (Å²) in [7, 11) is 0. The highest BCUT2D eigenvalue weighted by molar-refractivity contribution is 5.78. The zero-order valence-corrected chi connectivity index (χ0v) is 3.19. The number of nitrogens with zero attached hydrogens (tertiary/aromatic N) is 1. The molecule has 0 bridgehead atoms. The van der Waals surface area contributed by atoms with Gasteiger partial charge in [-0.2, -0.15) is 4.39 Å². The molecule has 0 spiro atoms. The summed E-state index contributed by atoms with van der Waals surface area (Å²) in [6, 6.07) is 0. The van der Waals surface area contributed by atoms with Crippen LogP contribution in [0.15, 0.2) is 17.3 Å². The molecule has 1 aliphatic rings. The summed E-state index contributed by atoms with van der Waals surface area (Å²) in [6.45, 7) is 0. The van der Waals surface area contributed by atoms with E-state index in [1.54, 1.807) is 6.08 Å². The highest BCUT2D eigenvalue weighted by atomic mass is 19.1. The van der Waals surface area contributed by atoms with Crippen molar-refractivity contribution < 1.29 is 4.39 Å². The first kappa shape index (κ1) is 3.53. The van der Waals surface area contributed by atoms with E-state index in [2.05, 4.69) is 4.99 Å². The van der Waals surface area contributed by atoms with Gasteiger partial charge in [-0.05, 0) is 0 Å². The van der Waals surface area contributed by atoms with Gasteiger partial charge in [-0.25, -0.2) is 4.99 Å². The number of aliphatic imine (C=N–C) groups is 1. The van der Waals surface area contributed by atoms with E-state index in [0.717, 1.165) is 0 Å². The van der Waals surface area contributed by atoms with Crippen molar-refractivity contribution in [2.45, 2.75) is 6.42 Å². The lowest BCUT2D eigenvalue weighted by Gasteiger charge is -1.70. The smallest absolute Gasteiger partial charge is 0.192 e. The molecular formula is C4H4FN. The Bertz CT molecular complexity index is 104. The van der Waals surface area contributed by atoms with Gasteiger partial charge in [0.15, 0.2) is 5.97 Å². The van der Waals surface area contributed by atoms with Gasteiger partial charge < -0.3 is 0 Å². The lowest BCUT2D eigenvalue weighted by Crippen LogP contribution is -1.74. The standard InChI is InChI=1S/C4H4FN/c5-4-2-1-3-6-4/h1,3H,2H2. The van der Waals surface area contributed by atoms with Gasteiger partial charge in [0, 0.05) is 12.6 Å². The van der Waals surface area contributed by atoms with E-state index in [1.165, 1.54) is 6.20 Å². The molecule has 0 unspecified atom stereocenters. The molecule has 2 heteroatoms. The molecule has 0 radical (unpaired) electrons. The maximum atomic E-state index is 11.6. The van der Waals surface area contributed by atoms with E-state index in [4.69, 9.17) is 0 Å². The van der Waals surface area contributed by atoms with E-state index >= 15 is 0 Å². The Morgan fingerprint density at radius 2 is 2.67 bits per heavy atom. The lowest BCUT2D eigenvalue weighted by molar-refractivity contribution is 0.790. The SMILES string of the molecule is FC1=NC=CC1. The Morgan fingerprint density at radius 3 is 2.83 bits per heavy atom. The molecule has 32 valence electrons. The van der Waals surface area contributed by atoms with E-state index in [1.807, 2.05) is 0 Å². The van der Waals surface area contributed by atoms with Crippen LogP contribution < -0.4 is 0 Å². The normalized spacial score (nSPS) is 18.5. The average Bonchev–Trinajstić information content (AvgIpc) is 1.86. The maximum Gasteiger partial charge on any atom is 0.192 e. The van der Waals surface area contributed by atoms with Crippen LogP contribution >= 0.6 is 0 Å². The van der Waals surface area contributed by atoms with Crippen molar-refractivity contribution in [3.8, 4) is 0 Å².